The summed E-state index contributed by atoms with van der Waals surface area (Å²) in [5.74, 6) is 2.07. The van der Waals surface area contributed by atoms with Gasteiger partial charge in [-0.15, -0.1) is 0 Å². The molecule has 1 aromatic carbocycles. The molecule has 0 radical (unpaired) electrons. The SMILES string of the molecule is c1ccc(NCc2nc(C3CCCCCCC3)no2)cc1. The lowest BCUT2D eigenvalue weighted by atomic mass is 9.91. The van der Waals surface area contributed by atoms with Gasteiger partial charge in [-0.05, 0) is 25.0 Å². The first-order valence-electron chi connectivity index (χ1n) is 8.03. The first-order chi connectivity index (χ1) is 10.4. The molecule has 0 saturated heterocycles. The summed E-state index contributed by atoms with van der Waals surface area (Å²) in [6.45, 7) is 0.587. The van der Waals surface area contributed by atoms with E-state index in [0.29, 0.717) is 18.4 Å². The minimum Gasteiger partial charge on any atom is -0.376 e. The fourth-order valence-electron chi connectivity index (χ4n) is 2.95. The molecule has 1 saturated carbocycles. The van der Waals surface area contributed by atoms with E-state index in [1.807, 2.05) is 30.3 Å². The highest BCUT2D eigenvalue weighted by Gasteiger charge is 2.19. The third-order valence-electron chi connectivity index (χ3n) is 4.17. The van der Waals surface area contributed by atoms with E-state index in [0.717, 1.165) is 11.5 Å². The summed E-state index contributed by atoms with van der Waals surface area (Å²) in [5, 5.41) is 7.50. The van der Waals surface area contributed by atoms with Crippen LogP contribution in [0.15, 0.2) is 34.9 Å². The van der Waals surface area contributed by atoms with E-state index in [9.17, 15) is 0 Å². The van der Waals surface area contributed by atoms with Crippen molar-refractivity contribution in [3.8, 4) is 0 Å². The maximum absolute atomic E-state index is 5.39. The Kier molecular flexibility index (Phi) is 4.87. The van der Waals surface area contributed by atoms with Gasteiger partial charge in [0.2, 0.25) is 5.89 Å². The largest absolute Gasteiger partial charge is 0.376 e. The smallest absolute Gasteiger partial charge is 0.245 e. The lowest BCUT2D eigenvalue weighted by Crippen LogP contribution is -2.05. The molecule has 0 atom stereocenters. The number of aromatic nitrogens is 2. The van der Waals surface area contributed by atoms with Crippen LogP contribution in [0.3, 0.4) is 0 Å². The van der Waals surface area contributed by atoms with Crippen LogP contribution in [0.5, 0.6) is 0 Å². The van der Waals surface area contributed by atoms with E-state index in [1.54, 1.807) is 0 Å². The molecule has 1 heterocycles. The number of hydrogen-bond acceptors (Lipinski definition) is 4. The molecule has 112 valence electrons. The predicted octanol–water partition coefficient (Wildman–Crippen LogP) is 4.51. The van der Waals surface area contributed by atoms with Crippen LogP contribution < -0.4 is 5.32 Å². The Balaban J connectivity index is 1.57. The Labute approximate surface area is 126 Å². The Bertz CT molecular complexity index is 530. The van der Waals surface area contributed by atoms with Crippen LogP contribution >= 0.6 is 0 Å². The summed E-state index contributed by atoms with van der Waals surface area (Å²) < 4.78 is 5.39. The summed E-state index contributed by atoms with van der Waals surface area (Å²) in [6, 6.07) is 10.1. The fourth-order valence-corrected chi connectivity index (χ4v) is 2.95. The quantitative estimate of drug-likeness (QED) is 0.898. The minimum absolute atomic E-state index is 0.486. The molecule has 1 aromatic heterocycles. The van der Waals surface area contributed by atoms with E-state index in [2.05, 4.69) is 15.5 Å². The van der Waals surface area contributed by atoms with Crippen molar-refractivity contribution < 1.29 is 4.52 Å². The number of rotatable bonds is 4. The normalized spacial score (nSPS) is 17.1. The van der Waals surface area contributed by atoms with Crippen molar-refractivity contribution >= 4 is 5.69 Å². The number of benzene rings is 1. The molecular weight excluding hydrogens is 262 g/mol. The highest BCUT2D eigenvalue weighted by atomic mass is 16.5. The Morgan fingerprint density at radius 2 is 1.71 bits per heavy atom. The molecule has 0 amide bonds. The monoisotopic (exact) mass is 285 g/mol. The first kappa shape index (κ1) is 14.1. The molecule has 0 aliphatic heterocycles. The van der Waals surface area contributed by atoms with Crippen LogP contribution in [0.25, 0.3) is 0 Å². The zero-order valence-electron chi connectivity index (χ0n) is 12.4. The van der Waals surface area contributed by atoms with Gasteiger partial charge in [0.15, 0.2) is 5.82 Å². The van der Waals surface area contributed by atoms with Gasteiger partial charge in [0.1, 0.15) is 0 Å². The molecule has 21 heavy (non-hydrogen) atoms. The van der Waals surface area contributed by atoms with Crippen LogP contribution in [0, 0.1) is 0 Å². The van der Waals surface area contributed by atoms with Crippen molar-refractivity contribution in [2.75, 3.05) is 5.32 Å². The molecule has 0 unspecified atom stereocenters. The lowest BCUT2D eigenvalue weighted by molar-refractivity contribution is 0.365. The molecule has 1 fully saturated rings. The maximum atomic E-state index is 5.39. The second kappa shape index (κ2) is 7.25. The molecule has 4 nitrogen and oxygen atoms in total. The summed E-state index contributed by atoms with van der Waals surface area (Å²) in [5.41, 5.74) is 1.07. The summed E-state index contributed by atoms with van der Waals surface area (Å²) in [7, 11) is 0. The molecule has 0 bridgehead atoms. The molecule has 1 N–H and O–H groups in total. The van der Waals surface area contributed by atoms with Crippen molar-refractivity contribution in [1.29, 1.82) is 0 Å². The van der Waals surface area contributed by atoms with Gasteiger partial charge in [0.05, 0.1) is 6.54 Å². The third-order valence-corrected chi connectivity index (χ3v) is 4.17. The highest BCUT2D eigenvalue weighted by Crippen LogP contribution is 2.29. The van der Waals surface area contributed by atoms with Crippen molar-refractivity contribution in [2.24, 2.45) is 0 Å². The van der Waals surface area contributed by atoms with Crippen LogP contribution in [-0.2, 0) is 6.54 Å². The zero-order chi connectivity index (χ0) is 14.3. The van der Waals surface area contributed by atoms with Crippen LogP contribution in [0.2, 0.25) is 0 Å². The topological polar surface area (TPSA) is 51.0 Å². The Morgan fingerprint density at radius 3 is 2.48 bits per heavy atom. The van der Waals surface area contributed by atoms with Crippen molar-refractivity contribution in [1.82, 2.24) is 10.1 Å². The first-order valence-corrected chi connectivity index (χ1v) is 8.03. The number of para-hydroxylation sites is 1. The molecule has 4 heteroatoms. The number of anilines is 1. The van der Waals surface area contributed by atoms with Gasteiger partial charge in [-0.2, -0.15) is 4.98 Å². The van der Waals surface area contributed by atoms with Gasteiger partial charge in [0.25, 0.3) is 0 Å². The van der Waals surface area contributed by atoms with Crippen molar-refractivity contribution in [2.45, 2.75) is 57.4 Å². The van der Waals surface area contributed by atoms with Gasteiger partial charge in [0, 0.05) is 11.6 Å². The van der Waals surface area contributed by atoms with Crippen LogP contribution in [-0.4, -0.2) is 10.1 Å². The van der Waals surface area contributed by atoms with Gasteiger partial charge in [-0.25, -0.2) is 0 Å². The maximum Gasteiger partial charge on any atom is 0.245 e. The molecule has 1 aliphatic carbocycles. The van der Waals surface area contributed by atoms with Crippen molar-refractivity contribution in [3.63, 3.8) is 0 Å². The van der Waals surface area contributed by atoms with E-state index < -0.39 is 0 Å². The average molecular weight is 285 g/mol. The summed E-state index contributed by atoms with van der Waals surface area (Å²) in [4.78, 5) is 4.58. The molecule has 0 spiro atoms. The molecule has 3 rings (SSSR count). The second-order valence-corrected chi connectivity index (χ2v) is 5.81. The van der Waals surface area contributed by atoms with E-state index in [-0.39, 0.29) is 0 Å². The second-order valence-electron chi connectivity index (χ2n) is 5.81. The van der Waals surface area contributed by atoms with Gasteiger partial charge < -0.3 is 9.84 Å². The van der Waals surface area contributed by atoms with Gasteiger partial charge >= 0.3 is 0 Å². The highest BCUT2D eigenvalue weighted by molar-refractivity contribution is 5.42. The standard InChI is InChI=1S/C17H23N3O/c1-2-5-9-14(10-6-3-1)17-19-16(21-20-17)13-18-15-11-7-4-8-12-15/h4,7-8,11-12,14,18H,1-3,5-6,9-10,13H2. The number of hydrogen-bond donors (Lipinski definition) is 1. The van der Waals surface area contributed by atoms with E-state index in [1.165, 1.54) is 44.9 Å². The lowest BCUT2D eigenvalue weighted by Gasteiger charge is -2.15. The minimum atomic E-state index is 0.486. The summed E-state index contributed by atoms with van der Waals surface area (Å²) >= 11 is 0. The van der Waals surface area contributed by atoms with Crippen molar-refractivity contribution in [3.05, 3.63) is 42.0 Å². The molecule has 1 aliphatic rings. The number of nitrogens with zero attached hydrogens (tertiary/aromatic N) is 2. The van der Waals surface area contributed by atoms with E-state index >= 15 is 0 Å². The van der Waals surface area contributed by atoms with Gasteiger partial charge in [-0.3, -0.25) is 0 Å². The third kappa shape index (κ3) is 4.06. The van der Waals surface area contributed by atoms with Crippen LogP contribution in [0.1, 0.15) is 62.6 Å². The van der Waals surface area contributed by atoms with Crippen LogP contribution in [0.4, 0.5) is 5.69 Å². The van der Waals surface area contributed by atoms with Gasteiger partial charge in [-0.1, -0.05) is 55.5 Å². The number of nitrogens with one attached hydrogen (secondary N) is 1. The fraction of sp³-hybridized carbons (Fsp3) is 0.529. The molecular formula is C17H23N3O. The summed E-state index contributed by atoms with van der Waals surface area (Å²) in [6.07, 6.45) is 9.04. The molecule has 2 aromatic rings. The average Bonchev–Trinajstić information content (AvgIpc) is 2.95. The Hall–Kier alpha value is -1.84. The van der Waals surface area contributed by atoms with E-state index in [4.69, 9.17) is 4.52 Å². The zero-order valence-corrected chi connectivity index (χ0v) is 12.4. The predicted molar refractivity (Wildman–Crippen MR) is 83.1 cm³/mol. The Morgan fingerprint density at radius 1 is 1.00 bits per heavy atom.